The van der Waals surface area contributed by atoms with Gasteiger partial charge in [0.15, 0.2) is 0 Å². The van der Waals surface area contributed by atoms with Crippen LogP contribution in [0.15, 0.2) is 12.3 Å². The Labute approximate surface area is 200 Å². The van der Waals surface area contributed by atoms with E-state index in [1.807, 2.05) is 12.3 Å². The molecule has 0 amide bonds. The van der Waals surface area contributed by atoms with Gasteiger partial charge in [-0.25, -0.2) is 17.7 Å². The van der Waals surface area contributed by atoms with Gasteiger partial charge in [-0.3, -0.25) is 4.90 Å². The molecular weight excluding hydrogens is 436 g/mol. The summed E-state index contributed by atoms with van der Waals surface area (Å²) in [5.41, 5.74) is 0. The highest BCUT2D eigenvalue weighted by molar-refractivity contribution is 7.89. The van der Waals surface area contributed by atoms with E-state index in [9.17, 15) is 8.42 Å². The van der Waals surface area contributed by atoms with Crippen molar-refractivity contribution in [1.29, 1.82) is 0 Å². The normalized spacial score (nSPS) is 24.2. The molecule has 1 atom stereocenters. The molecule has 4 heterocycles. The van der Waals surface area contributed by atoms with Crippen LogP contribution in [0.2, 0.25) is 0 Å². The van der Waals surface area contributed by atoms with E-state index >= 15 is 0 Å². The molecule has 0 aliphatic carbocycles. The van der Waals surface area contributed by atoms with Crippen molar-refractivity contribution in [2.45, 2.75) is 83.2 Å². The summed E-state index contributed by atoms with van der Waals surface area (Å²) < 4.78 is 26.9. The number of rotatable bonds is 9. The number of sulfonamides is 1. The van der Waals surface area contributed by atoms with Crippen LogP contribution in [0.25, 0.3) is 0 Å². The molecule has 0 aromatic carbocycles. The van der Waals surface area contributed by atoms with E-state index in [0.717, 1.165) is 76.5 Å². The topological polar surface area (TPSA) is 81.7 Å². The highest BCUT2D eigenvalue weighted by atomic mass is 32.2. The number of likely N-dealkylation sites (tertiary alicyclic amines) is 1. The van der Waals surface area contributed by atoms with Crippen molar-refractivity contribution in [2.75, 3.05) is 55.2 Å². The van der Waals surface area contributed by atoms with Gasteiger partial charge in [-0.2, -0.15) is 4.98 Å². The number of hydrogen-bond donors (Lipinski definition) is 1. The highest BCUT2D eigenvalue weighted by Crippen LogP contribution is 2.25. The number of nitrogens with one attached hydrogen (secondary N) is 1. The van der Waals surface area contributed by atoms with Crippen LogP contribution in [0.5, 0.6) is 0 Å². The Bertz CT molecular complexity index is 835. The molecule has 3 aliphatic heterocycles. The fourth-order valence-corrected chi connectivity index (χ4v) is 7.06. The second-order valence-corrected chi connectivity index (χ2v) is 12.0. The Morgan fingerprint density at radius 1 is 1.00 bits per heavy atom. The van der Waals surface area contributed by atoms with Crippen molar-refractivity contribution >= 4 is 21.8 Å². The zero-order chi connectivity index (χ0) is 23.1. The molecule has 1 unspecified atom stereocenters. The Balaban J connectivity index is 1.24. The van der Waals surface area contributed by atoms with Crippen LogP contribution >= 0.6 is 0 Å². The van der Waals surface area contributed by atoms with Gasteiger partial charge in [0.25, 0.3) is 0 Å². The summed E-state index contributed by atoms with van der Waals surface area (Å²) in [6.07, 6.45) is 12.7. The average Bonchev–Trinajstić information content (AvgIpc) is 3.11. The van der Waals surface area contributed by atoms with Crippen LogP contribution in [0.1, 0.15) is 71.1 Å². The fraction of sp³-hybridized carbons (Fsp3) is 0.833. The van der Waals surface area contributed by atoms with E-state index in [0.29, 0.717) is 30.9 Å². The summed E-state index contributed by atoms with van der Waals surface area (Å²) in [5.74, 6) is 2.07. The lowest BCUT2D eigenvalue weighted by atomic mass is 10.1. The maximum absolute atomic E-state index is 12.6. The largest absolute Gasteiger partial charge is 0.356 e. The van der Waals surface area contributed by atoms with Gasteiger partial charge in [0.1, 0.15) is 5.82 Å². The molecule has 1 N–H and O–H groups in total. The molecule has 0 saturated carbocycles. The van der Waals surface area contributed by atoms with Gasteiger partial charge in [-0.05, 0) is 44.6 Å². The standard InChI is InChI=1S/C24H42N6O2S/c1-2-3-8-19-33(31,32)30-17-11-22(12-18-30)29-16-10-21(20-29)26-24-25-13-9-23(27-24)28-14-6-4-5-7-15-28/h9,13,21-22H,2-8,10-12,14-20H2,1H3,(H,25,26,27). The van der Waals surface area contributed by atoms with Crippen molar-refractivity contribution in [2.24, 2.45) is 0 Å². The second kappa shape index (κ2) is 11.8. The number of unbranched alkanes of at least 4 members (excludes halogenated alkanes) is 2. The number of nitrogens with zero attached hydrogens (tertiary/aromatic N) is 5. The molecule has 9 heteroatoms. The van der Waals surface area contributed by atoms with Crippen LogP contribution in [0.3, 0.4) is 0 Å². The first kappa shape index (κ1) is 24.7. The molecule has 1 aromatic rings. The summed E-state index contributed by atoms with van der Waals surface area (Å²) >= 11 is 0. The van der Waals surface area contributed by atoms with Crippen molar-refractivity contribution < 1.29 is 8.42 Å². The molecule has 0 bridgehead atoms. The van der Waals surface area contributed by atoms with Gasteiger partial charge in [-0.15, -0.1) is 0 Å². The van der Waals surface area contributed by atoms with E-state index in [1.54, 1.807) is 4.31 Å². The minimum atomic E-state index is -3.09. The third-order valence-corrected chi connectivity index (χ3v) is 9.42. The predicted molar refractivity (Wildman–Crippen MR) is 134 cm³/mol. The summed E-state index contributed by atoms with van der Waals surface area (Å²) in [6.45, 7) is 7.63. The Morgan fingerprint density at radius 3 is 2.48 bits per heavy atom. The molecular formula is C24H42N6O2S. The molecule has 3 saturated heterocycles. The Morgan fingerprint density at radius 2 is 1.76 bits per heavy atom. The van der Waals surface area contributed by atoms with Crippen molar-refractivity contribution in [3.63, 3.8) is 0 Å². The molecule has 3 aliphatic rings. The highest BCUT2D eigenvalue weighted by Gasteiger charge is 2.34. The SMILES string of the molecule is CCCCCS(=O)(=O)N1CCC(N2CCC(Nc3nccc(N4CCCCCC4)n3)C2)CC1. The Hall–Kier alpha value is -1.45. The van der Waals surface area contributed by atoms with E-state index in [4.69, 9.17) is 4.98 Å². The number of anilines is 2. The number of hydrogen-bond acceptors (Lipinski definition) is 7. The lowest BCUT2D eigenvalue weighted by molar-refractivity contribution is 0.167. The monoisotopic (exact) mass is 478 g/mol. The number of piperidine rings is 1. The fourth-order valence-electron chi connectivity index (χ4n) is 5.46. The maximum Gasteiger partial charge on any atom is 0.224 e. The second-order valence-electron chi connectivity index (χ2n) is 9.92. The summed E-state index contributed by atoms with van der Waals surface area (Å²) in [6, 6.07) is 2.85. The van der Waals surface area contributed by atoms with Crippen LogP contribution in [-0.2, 0) is 10.0 Å². The van der Waals surface area contributed by atoms with Crippen LogP contribution in [0.4, 0.5) is 11.8 Å². The first-order valence-corrected chi connectivity index (χ1v) is 14.7. The van der Waals surface area contributed by atoms with Gasteiger partial charge in [0, 0.05) is 57.5 Å². The van der Waals surface area contributed by atoms with Gasteiger partial charge in [0.2, 0.25) is 16.0 Å². The van der Waals surface area contributed by atoms with Crippen molar-refractivity contribution in [1.82, 2.24) is 19.2 Å². The Kier molecular flexibility index (Phi) is 8.82. The van der Waals surface area contributed by atoms with Gasteiger partial charge >= 0.3 is 0 Å². The summed E-state index contributed by atoms with van der Waals surface area (Å²) in [7, 11) is -3.09. The molecule has 0 radical (unpaired) electrons. The molecule has 4 rings (SSSR count). The molecule has 3 fully saturated rings. The lowest BCUT2D eigenvalue weighted by Crippen LogP contribution is -2.47. The molecule has 8 nitrogen and oxygen atoms in total. The summed E-state index contributed by atoms with van der Waals surface area (Å²) in [5, 5.41) is 3.57. The lowest BCUT2D eigenvalue weighted by Gasteiger charge is -2.36. The molecule has 186 valence electrons. The van der Waals surface area contributed by atoms with E-state index < -0.39 is 10.0 Å². The predicted octanol–water partition coefficient (Wildman–Crippen LogP) is 3.33. The van der Waals surface area contributed by atoms with Crippen molar-refractivity contribution in [3.8, 4) is 0 Å². The van der Waals surface area contributed by atoms with Gasteiger partial charge < -0.3 is 10.2 Å². The quantitative estimate of drug-likeness (QED) is 0.545. The first-order valence-electron chi connectivity index (χ1n) is 13.1. The van der Waals surface area contributed by atoms with Crippen molar-refractivity contribution in [3.05, 3.63) is 12.3 Å². The zero-order valence-electron chi connectivity index (χ0n) is 20.3. The molecule has 1 aromatic heterocycles. The van der Waals surface area contributed by atoms with Crippen LogP contribution in [0, 0.1) is 0 Å². The van der Waals surface area contributed by atoms with E-state index in [-0.39, 0.29) is 0 Å². The van der Waals surface area contributed by atoms with Gasteiger partial charge in [-0.1, -0.05) is 32.6 Å². The van der Waals surface area contributed by atoms with E-state index in [1.165, 1.54) is 25.7 Å². The van der Waals surface area contributed by atoms with E-state index in [2.05, 4.69) is 27.0 Å². The smallest absolute Gasteiger partial charge is 0.224 e. The first-order chi connectivity index (χ1) is 16.0. The minimum Gasteiger partial charge on any atom is -0.356 e. The average molecular weight is 479 g/mol. The van der Waals surface area contributed by atoms with Crippen LogP contribution < -0.4 is 10.2 Å². The molecule has 0 spiro atoms. The zero-order valence-corrected chi connectivity index (χ0v) is 21.1. The summed E-state index contributed by atoms with van der Waals surface area (Å²) in [4.78, 5) is 14.2. The third-order valence-electron chi connectivity index (χ3n) is 7.46. The van der Waals surface area contributed by atoms with Crippen LogP contribution in [-0.4, -0.2) is 84.7 Å². The molecule has 33 heavy (non-hydrogen) atoms. The minimum absolute atomic E-state index is 0.303. The van der Waals surface area contributed by atoms with Gasteiger partial charge in [0.05, 0.1) is 5.75 Å². The third kappa shape index (κ3) is 6.79. The number of aromatic nitrogens is 2. The maximum atomic E-state index is 12.6.